The van der Waals surface area contributed by atoms with Crippen LogP contribution in [-0.2, 0) is 0 Å². The minimum atomic E-state index is -0.182. The molecule has 0 aliphatic rings. The summed E-state index contributed by atoms with van der Waals surface area (Å²) in [6.45, 7) is 5.81. The molecule has 2 aromatic rings. The molecule has 2 aromatic carbocycles. The van der Waals surface area contributed by atoms with Crippen LogP contribution in [0.15, 0.2) is 40.9 Å². The van der Waals surface area contributed by atoms with Crippen molar-refractivity contribution in [2.24, 2.45) is 0 Å². The highest BCUT2D eigenvalue weighted by Gasteiger charge is 2.15. The van der Waals surface area contributed by atoms with Crippen LogP contribution in [0, 0.1) is 0 Å². The van der Waals surface area contributed by atoms with Crippen molar-refractivity contribution in [3.05, 3.63) is 52.0 Å². The average Bonchev–Trinajstić information content (AvgIpc) is 2.61. The molecule has 0 aliphatic carbocycles. The molecule has 1 unspecified atom stereocenters. The molecule has 2 rings (SSSR count). The second-order valence-corrected chi connectivity index (χ2v) is 6.98. The highest BCUT2D eigenvalue weighted by molar-refractivity contribution is 9.10. The molecule has 0 heterocycles. The van der Waals surface area contributed by atoms with E-state index in [0.29, 0.717) is 17.1 Å². The molecule has 0 aromatic heterocycles. The lowest BCUT2D eigenvalue weighted by Crippen LogP contribution is -2.26. The summed E-state index contributed by atoms with van der Waals surface area (Å²) < 4.78 is 17.1. The van der Waals surface area contributed by atoms with Crippen LogP contribution >= 0.6 is 15.9 Å². The van der Waals surface area contributed by atoms with Gasteiger partial charge in [0.25, 0.3) is 5.91 Å². The van der Waals surface area contributed by atoms with Gasteiger partial charge in [-0.25, -0.2) is 0 Å². The van der Waals surface area contributed by atoms with Crippen LogP contribution in [-0.4, -0.2) is 26.2 Å². The van der Waals surface area contributed by atoms with Gasteiger partial charge in [0, 0.05) is 5.56 Å². The van der Waals surface area contributed by atoms with Crippen molar-refractivity contribution in [1.29, 1.82) is 0 Å². The Hall–Kier alpha value is -2.21. The summed E-state index contributed by atoms with van der Waals surface area (Å²) in [5, 5.41) is 2.99. The van der Waals surface area contributed by atoms with Crippen LogP contribution in [0.1, 0.15) is 42.7 Å². The molecule has 1 atom stereocenters. The quantitative estimate of drug-likeness (QED) is 0.700. The highest BCUT2D eigenvalue weighted by atomic mass is 79.9. The fourth-order valence-electron chi connectivity index (χ4n) is 2.48. The van der Waals surface area contributed by atoms with Gasteiger partial charge in [-0.15, -0.1) is 0 Å². The Morgan fingerprint density at radius 2 is 1.62 bits per heavy atom. The van der Waals surface area contributed by atoms with Crippen molar-refractivity contribution < 1.29 is 19.0 Å². The Bertz CT molecular complexity index is 776. The summed E-state index contributed by atoms with van der Waals surface area (Å²) in [6.07, 6.45) is 0.0251. The number of amides is 1. The second kappa shape index (κ2) is 8.94. The predicted octanol–water partition coefficient (Wildman–Crippen LogP) is 4.74. The summed E-state index contributed by atoms with van der Waals surface area (Å²) in [5.74, 6) is 1.72. The first kappa shape index (κ1) is 20.1. The van der Waals surface area contributed by atoms with Crippen molar-refractivity contribution in [1.82, 2.24) is 5.32 Å². The molecular weight excluding hydrogens is 398 g/mol. The minimum absolute atomic E-state index is 0.0251. The molecular formula is C20H24BrNO4. The third kappa shape index (κ3) is 4.91. The number of ether oxygens (including phenoxy) is 3. The third-order valence-corrected chi connectivity index (χ3v) is 4.43. The molecule has 0 radical (unpaired) electrons. The lowest BCUT2D eigenvalue weighted by atomic mass is 10.1. The molecule has 26 heavy (non-hydrogen) atoms. The topological polar surface area (TPSA) is 56.8 Å². The third-order valence-electron chi connectivity index (χ3n) is 3.81. The molecule has 1 N–H and O–H groups in total. The molecule has 0 fully saturated rings. The van der Waals surface area contributed by atoms with Gasteiger partial charge in [-0.2, -0.15) is 0 Å². The fraction of sp³-hybridized carbons (Fsp3) is 0.350. The van der Waals surface area contributed by atoms with E-state index in [1.165, 1.54) is 0 Å². The Morgan fingerprint density at radius 1 is 0.962 bits per heavy atom. The number of carbonyl (C=O) groups is 1. The van der Waals surface area contributed by atoms with E-state index in [-0.39, 0.29) is 18.1 Å². The number of nitrogens with one attached hydrogen (secondary N) is 1. The number of carbonyl (C=O) groups excluding carboxylic acids is 1. The van der Waals surface area contributed by atoms with Gasteiger partial charge in [0.1, 0.15) is 5.75 Å². The van der Waals surface area contributed by atoms with Crippen LogP contribution in [0.3, 0.4) is 0 Å². The highest BCUT2D eigenvalue weighted by Crippen LogP contribution is 2.30. The van der Waals surface area contributed by atoms with Crippen molar-refractivity contribution >= 4 is 21.8 Å². The number of rotatable bonds is 7. The zero-order valence-corrected chi connectivity index (χ0v) is 17.2. The van der Waals surface area contributed by atoms with Gasteiger partial charge >= 0.3 is 0 Å². The maximum atomic E-state index is 12.6. The molecule has 0 saturated heterocycles. The Labute approximate surface area is 162 Å². The zero-order valence-electron chi connectivity index (χ0n) is 15.6. The van der Waals surface area contributed by atoms with Crippen LogP contribution in [0.5, 0.6) is 17.2 Å². The van der Waals surface area contributed by atoms with Gasteiger partial charge in [-0.1, -0.05) is 6.07 Å². The van der Waals surface area contributed by atoms with Gasteiger partial charge in [0.2, 0.25) is 0 Å². The van der Waals surface area contributed by atoms with Crippen LogP contribution in [0.2, 0.25) is 0 Å². The van der Waals surface area contributed by atoms with E-state index in [2.05, 4.69) is 21.2 Å². The van der Waals surface area contributed by atoms with E-state index >= 15 is 0 Å². The lowest BCUT2D eigenvalue weighted by Gasteiger charge is -2.17. The molecule has 6 heteroatoms. The van der Waals surface area contributed by atoms with E-state index in [0.717, 1.165) is 15.8 Å². The first-order valence-corrected chi connectivity index (χ1v) is 9.14. The maximum absolute atomic E-state index is 12.6. The number of benzene rings is 2. The standard InChI is InChI=1S/C20H24BrNO4/c1-12(2)26-18-9-7-15(11-19(18)25-5)20(23)22-13(3)14-6-8-17(24-4)16(21)10-14/h6-13H,1-5H3,(H,22,23). The summed E-state index contributed by atoms with van der Waals surface area (Å²) in [4.78, 5) is 12.6. The summed E-state index contributed by atoms with van der Waals surface area (Å²) in [6, 6.07) is 10.7. The lowest BCUT2D eigenvalue weighted by molar-refractivity contribution is 0.0939. The van der Waals surface area contributed by atoms with Crippen LogP contribution in [0.25, 0.3) is 0 Å². The molecule has 1 amide bonds. The Kier molecular flexibility index (Phi) is 6.91. The average molecular weight is 422 g/mol. The van der Waals surface area contributed by atoms with Crippen molar-refractivity contribution in [3.63, 3.8) is 0 Å². The first-order valence-electron chi connectivity index (χ1n) is 8.34. The van der Waals surface area contributed by atoms with E-state index in [4.69, 9.17) is 14.2 Å². The van der Waals surface area contributed by atoms with Gasteiger partial charge in [0.15, 0.2) is 11.5 Å². The van der Waals surface area contributed by atoms with E-state index in [1.807, 2.05) is 39.0 Å². The van der Waals surface area contributed by atoms with E-state index in [9.17, 15) is 4.79 Å². The maximum Gasteiger partial charge on any atom is 0.251 e. The fourth-order valence-corrected chi connectivity index (χ4v) is 3.03. The van der Waals surface area contributed by atoms with Gasteiger partial charge in [0.05, 0.1) is 30.8 Å². The Morgan fingerprint density at radius 3 is 2.19 bits per heavy atom. The summed E-state index contributed by atoms with van der Waals surface area (Å²) in [5.41, 5.74) is 1.48. The molecule has 140 valence electrons. The monoisotopic (exact) mass is 421 g/mol. The van der Waals surface area contributed by atoms with Gasteiger partial charge in [-0.3, -0.25) is 4.79 Å². The molecule has 0 spiro atoms. The molecule has 0 aliphatic heterocycles. The van der Waals surface area contributed by atoms with Crippen LogP contribution < -0.4 is 19.5 Å². The van der Waals surface area contributed by atoms with Crippen LogP contribution in [0.4, 0.5) is 0 Å². The normalized spacial score (nSPS) is 11.8. The first-order chi connectivity index (χ1) is 12.3. The van der Waals surface area contributed by atoms with Crippen molar-refractivity contribution in [2.45, 2.75) is 32.9 Å². The smallest absolute Gasteiger partial charge is 0.251 e. The minimum Gasteiger partial charge on any atom is -0.496 e. The number of hydrogen-bond acceptors (Lipinski definition) is 4. The second-order valence-electron chi connectivity index (χ2n) is 6.12. The summed E-state index contributed by atoms with van der Waals surface area (Å²) in [7, 11) is 3.17. The SMILES string of the molecule is COc1ccc(C(C)NC(=O)c2ccc(OC(C)C)c(OC)c2)cc1Br. The zero-order chi connectivity index (χ0) is 19.3. The van der Waals surface area contributed by atoms with Crippen molar-refractivity contribution in [2.75, 3.05) is 14.2 Å². The van der Waals surface area contributed by atoms with E-state index < -0.39 is 0 Å². The number of halogens is 1. The molecule has 0 bridgehead atoms. The molecule has 5 nitrogen and oxygen atoms in total. The van der Waals surface area contributed by atoms with E-state index in [1.54, 1.807) is 32.4 Å². The summed E-state index contributed by atoms with van der Waals surface area (Å²) >= 11 is 3.46. The van der Waals surface area contributed by atoms with Gasteiger partial charge in [-0.05, 0) is 72.6 Å². The van der Waals surface area contributed by atoms with Crippen molar-refractivity contribution in [3.8, 4) is 17.2 Å². The largest absolute Gasteiger partial charge is 0.496 e. The van der Waals surface area contributed by atoms with Gasteiger partial charge < -0.3 is 19.5 Å². The Balaban J connectivity index is 2.15. The predicted molar refractivity (Wildman–Crippen MR) is 105 cm³/mol. The molecule has 0 saturated carbocycles. The number of methoxy groups -OCH3 is 2. The number of hydrogen-bond donors (Lipinski definition) is 1.